The van der Waals surface area contributed by atoms with Gasteiger partial charge >= 0.3 is 18.1 Å². The third-order valence-corrected chi connectivity index (χ3v) is 7.69. The first-order valence-electron chi connectivity index (χ1n) is 16.4. The highest BCUT2D eigenvalue weighted by Crippen LogP contribution is 2.29. The van der Waals surface area contributed by atoms with Gasteiger partial charge in [-0.05, 0) is 84.8 Å². The fourth-order valence-electron chi connectivity index (χ4n) is 4.98. The summed E-state index contributed by atoms with van der Waals surface area (Å²) < 4.78 is 50.2. The Morgan fingerprint density at radius 1 is 0.804 bits per heavy atom. The Kier molecular flexibility index (Phi) is 13.7. The van der Waals surface area contributed by atoms with E-state index in [4.69, 9.17) is 9.47 Å². The predicted octanol–water partition coefficient (Wildman–Crippen LogP) is 8.04. The molecular weight excluding hydrogens is 667 g/mol. The van der Waals surface area contributed by atoms with Gasteiger partial charge in [-0.3, -0.25) is 19.4 Å². The first-order chi connectivity index (χ1) is 24.4. The lowest BCUT2D eigenvalue weighted by Gasteiger charge is -2.21. The molecule has 0 aliphatic rings. The highest BCUT2D eigenvalue weighted by Gasteiger charge is 2.31. The normalized spacial score (nSPS) is 11.1. The van der Waals surface area contributed by atoms with Crippen LogP contribution in [0.4, 0.5) is 18.9 Å². The van der Waals surface area contributed by atoms with Crippen molar-refractivity contribution in [2.45, 2.75) is 58.2 Å². The van der Waals surface area contributed by atoms with E-state index in [1.807, 2.05) is 0 Å². The van der Waals surface area contributed by atoms with Gasteiger partial charge in [0.25, 0.3) is 11.8 Å². The number of aliphatic carboxylic acids is 1. The zero-order valence-corrected chi connectivity index (χ0v) is 27.9. The van der Waals surface area contributed by atoms with Gasteiger partial charge in [-0.15, -0.1) is 0 Å². The number of carbonyl (C=O) groups is 4. The van der Waals surface area contributed by atoms with Gasteiger partial charge in [0, 0.05) is 24.0 Å². The van der Waals surface area contributed by atoms with E-state index in [-0.39, 0.29) is 23.5 Å². The number of nitrogens with one attached hydrogen (secondary N) is 1. The van der Waals surface area contributed by atoms with Crippen LogP contribution in [-0.2, 0) is 17.5 Å². The Hall–Kier alpha value is -5.72. The number of aromatic nitrogens is 1. The predicted molar refractivity (Wildman–Crippen MR) is 183 cm³/mol. The maximum Gasteiger partial charge on any atom is 0.416 e. The second-order valence-electron chi connectivity index (χ2n) is 11.7. The molecule has 1 heterocycles. The maximum atomic E-state index is 13.3. The average Bonchev–Trinajstić information content (AvgIpc) is 3.11. The molecule has 0 spiro atoms. The molecule has 4 aromatic rings. The molecule has 0 atom stereocenters. The molecule has 0 bridgehead atoms. The van der Waals surface area contributed by atoms with Crippen molar-refractivity contribution in [1.29, 1.82) is 0 Å². The van der Waals surface area contributed by atoms with Crippen LogP contribution in [0.2, 0.25) is 0 Å². The molecule has 0 aliphatic heterocycles. The molecule has 268 valence electrons. The molecule has 0 radical (unpaired) electrons. The van der Waals surface area contributed by atoms with E-state index in [0.717, 1.165) is 30.0 Å². The van der Waals surface area contributed by atoms with Crippen LogP contribution in [0.15, 0.2) is 91.1 Å². The summed E-state index contributed by atoms with van der Waals surface area (Å²) in [5, 5.41) is 11.9. The minimum Gasteiger partial charge on any atom is -0.494 e. The summed E-state index contributed by atoms with van der Waals surface area (Å²) >= 11 is 0. The number of anilines is 1. The zero-order valence-electron chi connectivity index (χ0n) is 27.9. The van der Waals surface area contributed by atoms with Crippen molar-refractivity contribution in [2.75, 3.05) is 18.5 Å². The number of hydrogen-bond donors (Lipinski definition) is 2. The van der Waals surface area contributed by atoms with Crippen LogP contribution < -0.4 is 14.8 Å². The molecule has 0 saturated heterocycles. The van der Waals surface area contributed by atoms with E-state index in [1.165, 1.54) is 62.1 Å². The van der Waals surface area contributed by atoms with E-state index in [9.17, 15) is 37.5 Å². The summed E-state index contributed by atoms with van der Waals surface area (Å²) in [5.74, 6) is -2.41. The van der Waals surface area contributed by atoms with Crippen LogP contribution in [0.5, 0.6) is 11.5 Å². The van der Waals surface area contributed by atoms with Crippen molar-refractivity contribution in [1.82, 2.24) is 9.88 Å². The highest BCUT2D eigenvalue weighted by atomic mass is 19.4. The lowest BCUT2D eigenvalue weighted by Crippen LogP contribution is -2.35. The Morgan fingerprint density at radius 2 is 1.43 bits per heavy atom. The van der Waals surface area contributed by atoms with Crippen molar-refractivity contribution >= 4 is 29.4 Å². The number of nitrogens with zero attached hydrogens (tertiary/aromatic N) is 2. The Balaban J connectivity index is 1.31. The molecule has 2 N–H and O–H groups in total. The number of rotatable bonds is 17. The second-order valence-corrected chi connectivity index (χ2v) is 11.7. The molecule has 3 aromatic carbocycles. The van der Waals surface area contributed by atoms with E-state index in [2.05, 4.69) is 17.2 Å². The number of carboxylic acid groups (broad SMARTS) is 1. The van der Waals surface area contributed by atoms with Crippen molar-refractivity contribution in [2.24, 2.45) is 0 Å². The number of amides is 2. The third kappa shape index (κ3) is 12.0. The number of unbranched alkanes of at least 4 members (excludes halogenated alkanes) is 5. The summed E-state index contributed by atoms with van der Waals surface area (Å²) in [7, 11) is 0. The molecule has 0 aliphatic carbocycles. The second kappa shape index (κ2) is 18.3. The van der Waals surface area contributed by atoms with Crippen molar-refractivity contribution < 1.29 is 46.9 Å². The number of ether oxygens (including phenoxy) is 2. The van der Waals surface area contributed by atoms with Crippen molar-refractivity contribution in [3.63, 3.8) is 0 Å². The summed E-state index contributed by atoms with van der Waals surface area (Å²) in [4.78, 5) is 54.8. The molecule has 2 amide bonds. The van der Waals surface area contributed by atoms with E-state index in [1.54, 1.807) is 36.4 Å². The van der Waals surface area contributed by atoms with Crippen LogP contribution in [0.3, 0.4) is 0 Å². The number of pyridine rings is 1. The monoisotopic (exact) mass is 705 g/mol. The van der Waals surface area contributed by atoms with E-state index < -0.39 is 47.7 Å². The Labute approximate surface area is 293 Å². The maximum absolute atomic E-state index is 13.3. The summed E-state index contributed by atoms with van der Waals surface area (Å²) in [6, 6.07) is 19.7. The zero-order chi connectivity index (χ0) is 36.8. The van der Waals surface area contributed by atoms with Gasteiger partial charge in [0.05, 0.1) is 17.7 Å². The Morgan fingerprint density at radius 3 is 2.08 bits per heavy atom. The van der Waals surface area contributed by atoms with Gasteiger partial charge in [0.15, 0.2) is 0 Å². The van der Waals surface area contributed by atoms with Gasteiger partial charge in [0.1, 0.15) is 23.7 Å². The molecule has 4 rings (SSSR count). The quantitative estimate of drug-likeness (QED) is 0.0641. The number of carboxylic acids is 1. The summed E-state index contributed by atoms with van der Waals surface area (Å²) in [6.07, 6.45) is 3.20. The lowest BCUT2D eigenvalue weighted by atomic mass is 10.1. The third-order valence-electron chi connectivity index (χ3n) is 7.69. The number of esters is 1. The molecule has 13 heteroatoms. The van der Waals surface area contributed by atoms with Crippen LogP contribution in [0.25, 0.3) is 0 Å². The SMILES string of the molecule is CCCCCCCCOc1ccc(C(=O)Oc2ccc(CN(CC(=O)O)C(=O)c3ccc(NC(=O)c4cc(C(F)(F)F)ccn4)cc3)cc2)cc1. The van der Waals surface area contributed by atoms with Crippen LogP contribution in [-0.4, -0.2) is 51.9 Å². The number of hydrogen-bond acceptors (Lipinski definition) is 7. The molecule has 0 unspecified atom stereocenters. The van der Waals surface area contributed by atoms with Gasteiger partial charge < -0.3 is 24.8 Å². The minimum absolute atomic E-state index is 0.0841. The lowest BCUT2D eigenvalue weighted by molar-refractivity contribution is -0.138. The Bertz CT molecular complexity index is 1780. The summed E-state index contributed by atoms with van der Waals surface area (Å²) in [5.41, 5.74) is -0.287. The highest BCUT2D eigenvalue weighted by molar-refractivity contribution is 6.03. The smallest absolute Gasteiger partial charge is 0.416 e. The number of alkyl halides is 3. The molecule has 10 nitrogen and oxygen atoms in total. The first kappa shape index (κ1) is 38.1. The fraction of sp³-hybridized carbons (Fsp3) is 0.289. The topological polar surface area (TPSA) is 135 Å². The number of halogens is 3. The van der Waals surface area contributed by atoms with Crippen molar-refractivity contribution in [3.8, 4) is 11.5 Å². The molecule has 51 heavy (non-hydrogen) atoms. The average molecular weight is 706 g/mol. The molecule has 0 saturated carbocycles. The van der Waals surface area contributed by atoms with Crippen LogP contribution in [0, 0.1) is 0 Å². The van der Waals surface area contributed by atoms with Crippen molar-refractivity contribution in [3.05, 3.63) is 119 Å². The molecule has 0 fully saturated rings. The minimum atomic E-state index is -4.65. The van der Waals surface area contributed by atoms with Gasteiger partial charge in [0.2, 0.25) is 0 Å². The van der Waals surface area contributed by atoms with E-state index in [0.29, 0.717) is 29.5 Å². The summed E-state index contributed by atoms with van der Waals surface area (Å²) in [6.45, 7) is 2.09. The van der Waals surface area contributed by atoms with Gasteiger partial charge in [-0.1, -0.05) is 51.2 Å². The van der Waals surface area contributed by atoms with Crippen LogP contribution >= 0.6 is 0 Å². The van der Waals surface area contributed by atoms with Gasteiger partial charge in [-0.25, -0.2) is 4.79 Å². The standard InChI is InChI=1S/C38H38F3N3O7/c1-2-3-4-5-6-7-22-50-31-18-12-28(13-19-31)37(49)51-32-16-8-26(9-17-32)24-44(25-34(45)46)36(48)27-10-14-30(15-11-27)43-35(47)33-23-29(20-21-42-33)38(39,40)41/h8-21,23H,2-7,22,24-25H2,1H3,(H,43,47)(H,45,46). The number of carbonyl (C=O) groups excluding carboxylic acids is 3. The largest absolute Gasteiger partial charge is 0.494 e. The molecule has 1 aromatic heterocycles. The van der Waals surface area contributed by atoms with Gasteiger partial charge in [-0.2, -0.15) is 13.2 Å². The van der Waals surface area contributed by atoms with E-state index >= 15 is 0 Å². The fourth-order valence-corrected chi connectivity index (χ4v) is 4.98. The first-order valence-corrected chi connectivity index (χ1v) is 16.4. The number of benzene rings is 3. The van der Waals surface area contributed by atoms with Crippen LogP contribution in [0.1, 0.15) is 87.8 Å². The molecular formula is C38H38F3N3O7.